The van der Waals surface area contributed by atoms with Crippen molar-refractivity contribution in [2.45, 2.75) is 19.4 Å². The van der Waals surface area contributed by atoms with Gasteiger partial charge in [0.05, 0.1) is 17.6 Å². The maximum Gasteiger partial charge on any atom is 0.225 e. The highest BCUT2D eigenvalue weighted by molar-refractivity contribution is 6.30. The Balaban J connectivity index is 1.12. The van der Waals surface area contributed by atoms with Crippen LogP contribution in [0.3, 0.4) is 0 Å². The van der Waals surface area contributed by atoms with Crippen molar-refractivity contribution in [1.82, 2.24) is 19.4 Å². The van der Waals surface area contributed by atoms with Crippen LogP contribution in [-0.4, -0.2) is 64.5 Å². The lowest BCUT2D eigenvalue weighted by atomic mass is 9.95. The number of benzene rings is 2. The second-order valence-corrected chi connectivity index (χ2v) is 9.35. The molecule has 0 radical (unpaired) electrons. The van der Waals surface area contributed by atoms with Crippen LogP contribution in [-0.2, 0) is 18.4 Å². The van der Waals surface area contributed by atoms with Gasteiger partial charge in [0.1, 0.15) is 5.82 Å². The van der Waals surface area contributed by atoms with E-state index in [4.69, 9.17) is 16.6 Å². The van der Waals surface area contributed by atoms with Gasteiger partial charge >= 0.3 is 0 Å². The molecule has 1 amide bonds. The lowest BCUT2D eigenvalue weighted by Gasteiger charge is -2.39. The highest BCUT2D eigenvalue weighted by Gasteiger charge is 2.30. The molecule has 5 rings (SSSR count). The molecular formula is C25H30ClN5O. The molecule has 2 aliphatic heterocycles. The number of piperidine rings is 1. The molecule has 7 heteroatoms. The number of hydrogen-bond acceptors (Lipinski definition) is 4. The van der Waals surface area contributed by atoms with Crippen molar-refractivity contribution < 1.29 is 4.79 Å². The standard InChI is InChI=1S/C25H30ClN5O/c1-28-23-5-3-2-4-22(23)27-24(28)18-29-12-10-19(11-13-29)25(32)31-16-14-30(15-17-31)21-8-6-20(26)7-9-21/h2-9,19H,10-18H2,1H3. The molecule has 2 fully saturated rings. The van der Waals surface area contributed by atoms with Crippen molar-refractivity contribution in [1.29, 1.82) is 0 Å². The number of imidazole rings is 1. The molecule has 6 nitrogen and oxygen atoms in total. The molecule has 168 valence electrons. The summed E-state index contributed by atoms with van der Waals surface area (Å²) in [6, 6.07) is 16.2. The number of para-hydroxylation sites is 2. The Bertz CT molecular complexity index is 1080. The van der Waals surface area contributed by atoms with E-state index in [-0.39, 0.29) is 5.92 Å². The quantitative estimate of drug-likeness (QED) is 0.605. The largest absolute Gasteiger partial charge is 0.368 e. The van der Waals surface area contributed by atoms with E-state index in [1.165, 1.54) is 11.2 Å². The first kappa shape index (κ1) is 21.3. The first-order valence-corrected chi connectivity index (χ1v) is 11.9. The zero-order chi connectivity index (χ0) is 22.1. The van der Waals surface area contributed by atoms with E-state index in [9.17, 15) is 4.79 Å². The zero-order valence-corrected chi connectivity index (χ0v) is 19.3. The monoisotopic (exact) mass is 451 g/mol. The van der Waals surface area contributed by atoms with Crippen LogP contribution in [0.25, 0.3) is 11.0 Å². The molecule has 0 unspecified atom stereocenters. The van der Waals surface area contributed by atoms with E-state index in [0.29, 0.717) is 5.91 Å². The van der Waals surface area contributed by atoms with Crippen molar-refractivity contribution in [2.75, 3.05) is 44.2 Å². The Morgan fingerprint density at radius 2 is 1.66 bits per heavy atom. The summed E-state index contributed by atoms with van der Waals surface area (Å²) in [5.74, 6) is 1.58. The molecule has 0 aliphatic carbocycles. The van der Waals surface area contributed by atoms with Gasteiger partial charge in [0.15, 0.2) is 0 Å². The molecule has 3 aromatic rings. The summed E-state index contributed by atoms with van der Waals surface area (Å²) in [4.78, 5) is 24.8. The Morgan fingerprint density at radius 1 is 0.969 bits per heavy atom. The minimum Gasteiger partial charge on any atom is -0.368 e. The van der Waals surface area contributed by atoms with Crippen molar-refractivity contribution in [3.8, 4) is 0 Å². The van der Waals surface area contributed by atoms with Gasteiger partial charge in [-0.15, -0.1) is 0 Å². The molecule has 0 N–H and O–H groups in total. The lowest BCUT2D eigenvalue weighted by Crippen LogP contribution is -2.51. The molecule has 2 aromatic carbocycles. The third-order valence-corrected chi connectivity index (χ3v) is 7.22. The second-order valence-electron chi connectivity index (χ2n) is 8.91. The van der Waals surface area contributed by atoms with E-state index in [1.54, 1.807) is 0 Å². The summed E-state index contributed by atoms with van der Waals surface area (Å²) in [6.45, 7) is 6.07. The summed E-state index contributed by atoms with van der Waals surface area (Å²) >= 11 is 6.00. The number of carbonyl (C=O) groups excluding carboxylic acids is 1. The van der Waals surface area contributed by atoms with Crippen molar-refractivity contribution in [2.24, 2.45) is 13.0 Å². The van der Waals surface area contributed by atoms with E-state index >= 15 is 0 Å². The number of rotatable bonds is 4. The SMILES string of the molecule is Cn1c(CN2CCC(C(=O)N3CCN(c4ccc(Cl)cc4)CC3)CC2)nc2ccccc21. The Labute approximate surface area is 194 Å². The number of amides is 1. The van der Waals surface area contributed by atoms with E-state index in [0.717, 1.165) is 75.0 Å². The molecule has 0 atom stereocenters. The summed E-state index contributed by atoms with van der Waals surface area (Å²) < 4.78 is 2.19. The summed E-state index contributed by atoms with van der Waals surface area (Å²) in [6.07, 6.45) is 1.86. The number of likely N-dealkylation sites (tertiary alicyclic amines) is 1. The Morgan fingerprint density at radius 3 is 2.34 bits per heavy atom. The maximum absolute atomic E-state index is 13.1. The van der Waals surface area contributed by atoms with Crippen LogP contribution in [0.4, 0.5) is 5.69 Å². The fourth-order valence-electron chi connectivity index (χ4n) is 4.97. The van der Waals surface area contributed by atoms with E-state index in [2.05, 4.69) is 56.6 Å². The number of piperazine rings is 1. The number of hydrogen-bond donors (Lipinski definition) is 0. The van der Waals surface area contributed by atoms with Gasteiger partial charge in [-0.05, 0) is 62.3 Å². The van der Waals surface area contributed by atoms with Crippen LogP contribution in [0.1, 0.15) is 18.7 Å². The molecule has 3 heterocycles. The maximum atomic E-state index is 13.1. The van der Waals surface area contributed by atoms with Crippen molar-refractivity contribution in [3.05, 3.63) is 59.4 Å². The topological polar surface area (TPSA) is 44.6 Å². The van der Waals surface area contributed by atoms with E-state index < -0.39 is 0 Å². The van der Waals surface area contributed by atoms with Crippen molar-refractivity contribution in [3.63, 3.8) is 0 Å². The normalized spacial score (nSPS) is 18.4. The number of nitrogens with zero attached hydrogens (tertiary/aromatic N) is 5. The molecule has 1 aromatic heterocycles. The van der Waals surface area contributed by atoms with Crippen LogP contribution in [0.15, 0.2) is 48.5 Å². The predicted octanol–water partition coefficient (Wildman–Crippen LogP) is 3.79. The van der Waals surface area contributed by atoms with Crippen LogP contribution in [0.5, 0.6) is 0 Å². The summed E-state index contributed by atoms with van der Waals surface area (Å²) in [7, 11) is 2.09. The summed E-state index contributed by atoms with van der Waals surface area (Å²) in [5, 5.41) is 0.755. The van der Waals surface area contributed by atoms with Crippen LogP contribution in [0, 0.1) is 5.92 Å². The Kier molecular flexibility index (Phi) is 6.07. The molecule has 0 bridgehead atoms. The highest BCUT2D eigenvalue weighted by atomic mass is 35.5. The van der Waals surface area contributed by atoms with Crippen LogP contribution >= 0.6 is 11.6 Å². The Hall–Kier alpha value is -2.57. The first-order chi connectivity index (χ1) is 15.6. The van der Waals surface area contributed by atoms with E-state index in [1.807, 2.05) is 18.2 Å². The number of anilines is 1. The molecular weight excluding hydrogens is 422 g/mol. The number of aryl methyl sites for hydroxylation is 1. The van der Waals surface area contributed by atoms with Gasteiger partial charge in [-0.3, -0.25) is 9.69 Å². The zero-order valence-electron chi connectivity index (χ0n) is 18.6. The minimum absolute atomic E-state index is 0.147. The fraction of sp³-hybridized carbons (Fsp3) is 0.440. The molecule has 0 spiro atoms. The number of aromatic nitrogens is 2. The molecule has 0 saturated carbocycles. The lowest BCUT2D eigenvalue weighted by molar-refractivity contribution is -0.137. The second kappa shape index (κ2) is 9.12. The predicted molar refractivity (Wildman–Crippen MR) is 129 cm³/mol. The van der Waals surface area contributed by atoms with Gasteiger partial charge in [-0.2, -0.15) is 0 Å². The first-order valence-electron chi connectivity index (χ1n) is 11.5. The average molecular weight is 452 g/mol. The number of carbonyl (C=O) groups is 1. The summed E-state index contributed by atoms with van der Waals surface area (Å²) in [5.41, 5.74) is 3.40. The molecule has 2 aliphatic rings. The number of fused-ring (bicyclic) bond motifs is 1. The van der Waals surface area contributed by atoms with Gasteiger partial charge in [-0.25, -0.2) is 4.98 Å². The van der Waals surface area contributed by atoms with Gasteiger partial charge in [-0.1, -0.05) is 23.7 Å². The fourth-order valence-corrected chi connectivity index (χ4v) is 5.10. The van der Waals surface area contributed by atoms with Gasteiger partial charge in [0, 0.05) is 49.9 Å². The third kappa shape index (κ3) is 4.34. The minimum atomic E-state index is 0.147. The smallest absolute Gasteiger partial charge is 0.225 e. The average Bonchev–Trinajstić information content (AvgIpc) is 3.15. The number of halogens is 1. The molecule has 32 heavy (non-hydrogen) atoms. The van der Waals surface area contributed by atoms with Gasteiger partial charge in [0.25, 0.3) is 0 Å². The van der Waals surface area contributed by atoms with Crippen LogP contribution in [0.2, 0.25) is 5.02 Å². The third-order valence-electron chi connectivity index (χ3n) is 6.96. The van der Waals surface area contributed by atoms with Crippen molar-refractivity contribution >= 4 is 34.2 Å². The van der Waals surface area contributed by atoms with Gasteiger partial charge < -0.3 is 14.4 Å². The van der Waals surface area contributed by atoms with Crippen LogP contribution < -0.4 is 4.90 Å². The molecule has 2 saturated heterocycles. The van der Waals surface area contributed by atoms with Gasteiger partial charge in [0.2, 0.25) is 5.91 Å². The highest BCUT2D eigenvalue weighted by Crippen LogP contribution is 2.24.